The third-order valence-corrected chi connectivity index (χ3v) is 3.88. The second kappa shape index (κ2) is 8.24. The number of oxime groups is 1. The van der Waals surface area contributed by atoms with Crippen molar-refractivity contribution in [3.8, 4) is 5.75 Å². The molecule has 0 aliphatic rings. The number of benzene rings is 1. The highest BCUT2D eigenvalue weighted by molar-refractivity contribution is 5.98. The van der Waals surface area contributed by atoms with Gasteiger partial charge >= 0.3 is 5.97 Å². The first-order valence-corrected chi connectivity index (χ1v) is 8.67. The van der Waals surface area contributed by atoms with E-state index >= 15 is 0 Å². The number of rotatable bonds is 7. The molecule has 0 aliphatic carbocycles. The van der Waals surface area contributed by atoms with Crippen molar-refractivity contribution in [1.29, 1.82) is 0 Å². The van der Waals surface area contributed by atoms with Crippen molar-refractivity contribution in [3.63, 3.8) is 0 Å². The van der Waals surface area contributed by atoms with E-state index in [9.17, 15) is 4.79 Å². The van der Waals surface area contributed by atoms with Crippen molar-refractivity contribution in [1.82, 2.24) is 4.98 Å². The van der Waals surface area contributed by atoms with E-state index in [1.54, 1.807) is 6.07 Å². The second-order valence-electron chi connectivity index (χ2n) is 7.38. The average molecular weight is 374 g/mol. The molecule has 0 unspecified atom stereocenters. The van der Waals surface area contributed by atoms with Crippen LogP contribution in [0.2, 0.25) is 0 Å². The summed E-state index contributed by atoms with van der Waals surface area (Å²) >= 11 is 0. The van der Waals surface area contributed by atoms with Crippen LogP contribution in [0.1, 0.15) is 56.2 Å². The maximum Gasteiger partial charge on any atom is 0.341 e. The van der Waals surface area contributed by atoms with Gasteiger partial charge in [0.25, 0.3) is 0 Å². The molecular formula is C20H26N2O5. The van der Waals surface area contributed by atoms with Gasteiger partial charge in [-0.2, -0.15) is 0 Å². The Kier molecular flexibility index (Phi) is 6.25. The van der Waals surface area contributed by atoms with Crippen LogP contribution in [0.25, 0.3) is 0 Å². The molecular weight excluding hydrogens is 348 g/mol. The normalized spacial score (nSPS) is 12.1. The van der Waals surface area contributed by atoms with E-state index in [1.165, 1.54) is 0 Å². The predicted molar refractivity (Wildman–Crippen MR) is 101 cm³/mol. The highest BCUT2D eigenvalue weighted by atomic mass is 16.6. The zero-order chi connectivity index (χ0) is 20.2. The van der Waals surface area contributed by atoms with Gasteiger partial charge in [-0.05, 0) is 50.1 Å². The fourth-order valence-corrected chi connectivity index (χ4v) is 2.30. The Hall–Kier alpha value is -2.83. The molecule has 0 amide bonds. The number of nitrogens with zero attached hydrogens (tertiary/aromatic N) is 2. The van der Waals surface area contributed by atoms with E-state index in [4.69, 9.17) is 19.1 Å². The van der Waals surface area contributed by atoms with Gasteiger partial charge in [0.05, 0.1) is 5.71 Å². The topological polar surface area (TPSA) is 94.2 Å². The van der Waals surface area contributed by atoms with Gasteiger partial charge in [0.15, 0.2) is 19.1 Å². The summed E-state index contributed by atoms with van der Waals surface area (Å²) in [4.78, 5) is 20.5. The Morgan fingerprint density at radius 3 is 2.56 bits per heavy atom. The molecule has 0 atom stereocenters. The minimum atomic E-state index is -1.01. The van der Waals surface area contributed by atoms with Crippen molar-refractivity contribution < 1.29 is 23.9 Å². The highest BCUT2D eigenvalue weighted by Crippen LogP contribution is 2.24. The SMILES string of the molecule is C/C(=N\OCc1nc(C(C)(C)C)oc1C)c1ccc(OCC(=O)O)c(C)c1. The fraction of sp³-hybridized carbons (Fsp3) is 0.450. The minimum Gasteiger partial charge on any atom is -0.482 e. The molecule has 1 aromatic heterocycles. The Balaban J connectivity index is 2.02. The Bertz CT molecular complexity index is 847. The number of aromatic nitrogens is 1. The molecule has 146 valence electrons. The number of oxazole rings is 1. The molecule has 1 aromatic carbocycles. The molecule has 0 bridgehead atoms. The van der Waals surface area contributed by atoms with Crippen molar-refractivity contribution in [2.75, 3.05) is 6.61 Å². The first kappa shape index (κ1) is 20.5. The van der Waals surface area contributed by atoms with E-state index in [0.29, 0.717) is 17.4 Å². The number of aryl methyl sites for hydroxylation is 2. The van der Waals surface area contributed by atoms with Crippen LogP contribution in [0.4, 0.5) is 0 Å². The lowest BCUT2D eigenvalue weighted by molar-refractivity contribution is -0.139. The zero-order valence-corrected chi connectivity index (χ0v) is 16.6. The summed E-state index contributed by atoms with van der Waals surface area (Å²) in [5.74, 6) is 0.917. The van der Waals surface area contributed by atoms with Gasteiger partial charge in [-0.3, -0.25) is 0 Å². The molecule has 0 saturated carbocycles. The largest absolute Gasteiger partial charge is 0.482 e. The van der Waals surface area contributed by atoms with Gasteiger partial charge in [0.1, 0.15) is 17.2 Å². The predicted octanol–water partition coefficient (Wildman–Crippen LogP) is 3.99. The van der Waals surface area contributed by atoms with E-state index in [-0.39, 0.29) is 18.6 Å². The molecule has 0 spiro atoms. The highest BCUT2D eigenvalue weighted by Gasteiger charge is 2.22. The number of aliphatic carboxylic acids is 1. The summed E-state index contributed by atoms with van der Waals surface area (Å²) in [6, 6.07) is 5.41. The van der Waals surface area contributed by atoms with Crippen LogP contribution in [0.5, 0.6) is 5.75 Å². The van der Waals surface area contributed by atoms with Crippen molar-refractivity contribution >= 4 is 11.7 Å². The van der Waals surface area contributed by atoms with Gasteiger partial charge in [-0.15, -0.1) is 0 Å². The maximum absolute atomic E-state index is 10.6. The van der Waals surface area contributed by atoms with Crippen molar-refractivity contribution in [3.05, 3.63) is 46.7 Å². The van der Waals surface area contributed by atoms with Crippen LogP contribution < -0.4 is 4.74 Å². The van der Waals surface area contributed by atoms with Crippen molar-refractivity contribution in [2.24, 2.45) is 5.16 Å². The van der Waals surface area contributed by atoms with E-state index in [0.717, 1.165) is 22.6 Å². The third-order valence-electron chi connectivity index (χ3n) is 3.88. The van der Waals surface area contributed by atoms with Gasteiger partial charge in [-0.1, -0.05) is 25.9 Å². The van der Waals surface area contributed by atoms with Crippen LogP contribution in [-0.2, 0) is 21.7 Å². The number of carboxylic acids is 1. The van der Waals surface area contributed by atoms with Crippen molar-refractivity contribution in [2.45, 2.75) is 53.6 Å². The minimum absolute atomic E-state index is 0.163. The molecule has 1 heterocycles. The zero-order valence-electron chi connectivity index (χ0n) is 16.6. The van der Waals surface area contributed by atoms with Crippen LogP contribution in [0.15, 0.2) is 27.8 Å². The maximum atomic E-state index is 10.6. The number of carbonyl (C=O) groups is 1. The smallest absolute Gasteiger partial charge is 0.341 e. The second-order valence-corrected chi connectivity index (χ2v) is 7.38. The summed E-state index contributed by atoms with van der Waals surface area (Å²) < 4.78 is 10.9. The van der Waals surface area contributed by atoms with E-state index < -0.39 is 5.97 Å². The van der Waals surface area contributed by atoms with E-state index in [1.807, 2.05) is 53.7 Å². The number of hydrogen-bond acceptors (Lipinski definition) is 6. The third kappa shape index (κ3) is 5.57. The average Bonchev–Trinajstić information content (AvgIpc) is 2.94. The lowest BCUT2D eigenvalue weighted by Crippen LogP contribution is -2.11. The summed E-state index contributed by atoms with van der Waals surface area (Å²) in [6.07, 6.45) is 0. The molecule has 1 N–H and O–H groups in total. The van der Waals surface area contributed by atoms with Crippen LogP contribution >= 0.6 is 0 Å². The Morgan fingerprint density at radius 2 is 2.00 bits per heavy atom. The summed E-state index contributed by atoms with van der Waals surface area (Å²) in [6.45, 7) is 11.5. The van der Waals surface area contributed by atoms with Gasteiger partial charge < -0.3 is 19.1 Å². The van der Waals surface area contributed by atoms with Crippen LogP contribution in [0.3, 0.4) is 0 Å². The van der Waals surface area contributed by atoms with Gasteiger partial charge in [0, 0.05) is 5.41 Å². The molecule has 27 heavy (non-hydrogen) atoms. The molecule has 2 aromatic rings. The Labute approximate surface area is 159 Å². The number of carboxylic acid groups (broad SMARTS) is 1. The molecule has 7 heteroatoms. The quantitative estimate of drug-likeness (QED) is 0.582. The summed E-state index contributed by atoms with van der Waals surface area (Å²) in [5, 5.41) is 12.8. The molecule has 7 nitrogen and oxygen atoms in total. The Morgan fingerprint density at radius 1 is 1.30 bits per heavy atom. The summed E-state index contributed by atoms with van der Waals surface area (Å²) in [7, 11) is 0. The van der Waals surface area contributed by atoms with Crippen LogP contribution in [-0.4, -0.2) is 28.4 Å². The standard InChI is InChI=1S/C20H26N2O5/c1-12-9-15(7-8-17(12)25-11-18(23)24)13(2)22-26-10-16-14(3)27-19(21-16)20(4,5)6/h7-9H,10-11H2,1-6H3,(H,23,24)/b22-13+. The van der Waals surface area contributed by atoms with E-state index in [2.05, 4.69) is 10.1 Å². The lowest BCUT2D eigenvalue weighted by Gasteiger charge is -2.11. The molecule has 2 rings (SSSR count). The molecule has 0 fully saturated rings. The molecule has 0 aliphatic heterocycles. The summed E-state index contributed by atoms with van der Waals surface area (Å²) in [5.41, 5.74) is 2.95. The molecule has 0 radical (unpaired) electrons. The number of ether oxygens (including phenoxy) is 1. The monoisotopic (exact) mass is 374 g/mol. The number of hydrogen-bond donors (Lipinski definition) is 1. The fourth-order valence-electron chi connectivity index (χ4n) is 2.30. The van der Waals surface area contributed by atoms with Gasteiger partial charge in [0.2, 0.25) is 0 Å². The van der Waals surface area contributed by atoms with Crippen LogP contribution in [0, 0.1) is 13.8 Å². The molecule has 0 saturated heterocycles. The lowest BCUT2D eigenvalue weighted by atomic mass is 9.97. The first-order valence-electron chi connectivity index (χ1n) is 8.67. The first-order chi connectivity index (χ1) is 12.6. The van der Waals surface area contributed by atoms with Gasteiger partial charge in [-0.25, -0.2) is 9.78 Å².